The molecule has 162 valence electrons. The van der Waals surface area contributed by atoms with Gasteiger partial charge in [-0.25, -0.2) is 4.98 Å². The minimum absolute atomic E-state index is 0.195. The summed E-state index contributed by atoms with van der Waals surface area (Å²) in [5.41, 5.74) is 3.51. The molecule has 3 aromatic rings. The quantitative estimate of drug-likeness (QED) is 0.479. The van der Waals surface area contributed by atoms with E-state index >= 15 is 0 Å². The van der Waals surface area contributed by atoms with E-state index in [1.165, 1.54) is 0 Å². The molecule has 0 aliphatic carbocycles. The summed E-state index contributed by atoms with van der Waals surface area (Å²) >= 11 is 0. The number of ether oxygens (including phenoxy) is 2. The van der Waals surface area contributed by atoms with Gasteiger partial charge in [-0.3, -0.25) is 4.79 Å². The normalized spacial score (nSPS) is 10.4. The van der Waals surface area contributed by atoms with Crippen LogP contribution in [0.25, 0.3) is 0 Å². The van der Waals surface area contributed by atoms with Gasteiger partial charge in [-0.15, -0.1) is 0 Å². The molecule has 2 N–H and O–H groups in total. The molecule has 0 unspecified atom stereocenters. The predicted octanol–water partition coefficient (Wildman–Crippen LogP) is 5.09. The molecule has 1 aromatic heterocycles. The van der Waals surface area contributed by atoms with E-state index in [9.17, 15) is 4.79 Å². The van der Waals surface area contributed by atoms with Crippen molar-refractivity contribution in [1.29, 1.82) is 0 Å². The van der Waals surface area contributed by atoms with Crippen molar-refractivity contribution in [3.05, 3.63) is 77.5 Å². The second kappa shape index (κ2) is 11.0. The number of carbonyl (C=O) groups is 1. The molecule has 0 saturated carbocycles. The van der Waals surface area contributed by atoms with Crippen LogP contribution in [0.1, 0.15) is 35.3 Å². The van der Waals surface area contributed by atoms with Crippen molar-refractivity contribution >= 4 is 17.4 Å². The number of nitrogens with one attached hydrogen (secondary N) is 2. The first kappa shape index (κ1) is 22.2. The summed E-state index contributed by atoms with van der Waals surface area (Å²) in [5, 5.41) is 6.21. The molecule has 0 aliphatic rings. The number of aromatic nitrogens is 1. The number of amides is 1. The Morgan fingerprint density at radius 2 is 1.71 bits per heavy atom. The molecule has 6 nitrogen and oxygen atoms in total. The van der Waals surface area contributed by atoms with Crippen LogP contribution in [0.15, 0.2) is 60.8 Å². The van der Waals surface area contributed by atoms with Gasteiger partial charge >= 0.3 is 0 Å². The molecule has 3 rings (SSSR count). The van der Waals surface area contributed by atoms with Gasteiger partial charge in [-0.1, -0.05) is 23.8 Å². The summed E-state index contributed by atoms with van der Waals surface area (Å²) in [4.78, 5) is 17.1. The fraction of sp³-hybridized carbons (Fsp3) is 0.280. The lowest BCUT2D eigenvalue weighted by molar-refractivity contribution is 0.102. The van der Waals surface area contributed by atoms with Crippen LogP contribution in [0.4, 0.5) is 11.5 Å². The largest absolute Gasteiger partial charge is 0.490 e. The second-order valence-electron chi connectivity index (χ2n) is 7.04. The van der Waals surface area contributed by atoms with Crippen molar-refractivity contribution in [2.75, 3.05) is 30.4 Å². The topological polar surface area (TPSA) is 72.5 Å². The third-order valence-electron chi connectivity index (χ3n) is 4.68. The Labute approximate surface area is 183 Å². The summed E-state index contributed by atoms with van der Waals surface area (Å²) in [7, 11) is 0. The standard InChI is InChI=1S/C25H29N3O3/c1-4-30-22-13-10-19(17-23(22)31-5-2)14-16-27-24-21(7-6-15-26-24)25(29)28-20-11-8-18(3)9-12-20/h6-13,15,17H,4-5,14,16H2,1-3H3,(H,26,27)(H,28,29). The van der Waals surface area contributed by atoms with Crippen LogP contribution in [0.2, 0.25) is 0 Å². The molecule has 0 saturated heterocycles. The molecule has 0 bridgehead atoms. The van der Waals surface area contributed by atoms with E-state index in [-0.39, 0.29) is 5.91 Å². The maximum atomic E-state index is 12.7. The Hall–Kier alpha value is -3.54. The Morgan fingerprint density at radius 3 is 2.45 bits per heavy atom. The average molecular weight is 420 g/mol. The number of aryl methyl sites for hydroxylation is 1. The summed E-state index contributed by atoms with van der Waals surface area (Å²) in [5.74, 6) is 1.86. The molecule has 0 spiro atoms. The molecule has 1 amide bonds. The number of rotatable bonds is 10. The number of benzene rings is 2. The lowest BCUT2D eigenvalue weighted by Crippen LogP contribution is -2.16. The molecule has 0 fully saturated rings. The van der Waals surface area contributed by atoms with Crippen molar-refractivity contribution in [3.63, 3.8) is 0 Å². The Kier molecular flexibility index (Phi) is 7.87. The van der Waals surface area contributed by atoms with Gasteiger partial charge in [-0.2, -0.15) is 0 Å². The fourth-order valence-electron chi connectivity index (χ4n) is 3.14. The van der Waals surface area contributed by atoms with E-state index in [1.807, 2.05) is 63.2 Å². The predicted molar refractivity (Wildman–Crippen MR) is 124 cm³/mol. The highest BCUT2D eigenvalue weighted by Crippen LogP contribution is 2.28. The molecule has 0 radical (unpaired) electrons. The third kappa shape index (κ3) is 6.22. The van der Waals surface area contributed by atoms with Gasteiger partial charge in [0.1, 0.15) is 5.82 Å². The highest BCUT2D eigenvalue weighted by Gasteiger charge is 2.13. The van der Waals surface area contributed by atoms with Crippen LogP contribution in [-0.2, 0) is 6.42 Å². The molecule has 0 aliphatic heterocycles. The van der Waals surface area contributed by atoms with Crippen molar-refractivity contribution in [2.24, 2.45) is 0 Å². The Bertz CT molecular complexity index is 1000. The molecule has 0 atom stereocenters. The van der Waals surface area contributed by atoms with Crippen molar-refractivity contribution < 1.29 is 14.3 Å². The summed E-state index contributed by atoms with van der Waals surface area (Å²) in [6.07, 6.45) is 2.43. The van der Waals surface area contributed by atoms with Gasteiger partial charge in [0.25, 0.3) is 5.91 Å². The first-order chi connectivity index (χ1) is 15.1. The van der Waals surface area contributed by atoms with Crippen molar-refractivity contribution in [2.45, 2.75) is 27.2 Å². The van der Waals surface area contributed by atoms with E-state index in [4.69, 9.17) is 9.47 Å². The van der Waals surface area contributed by atoms with Gasteiger partial charge in [-0.05, 0) is 69.2 Å². The lowest BCUT2D eigenvalue weighted by Gasteiger charge is -2.14. The van der Waals surface area contributed by atoms with E-state index in [1.54, 1.807) is 18.3 Å². The SMILES string of the molecule is CCOc1ccc(CCNc2ncccc2C(=O)Nc2ccc(C)cc2)cc1OCC. The number of hydrogen-bond donors (Lipinski definition) is 2. The maximum Gasteiger partial charge on any atom is 0.259 e. The van der Waals surface area contributed by atoms with Crippen LogP contribution in [0.3, 0.4) is 0 Å². The first-order valence-electron chi connectivity index (χ1n) is 10.6. The van der Waals surface area contributed by atoms with Gasteiger partial charge in [0.2, 0.25) is 0 Å². The van der Waals surface area contributed by atoms with Crippen LogP contribution in [-0.4, -0.2) is 30.6 Å². The fourth-order valence-corrected chi connectivity index (χ4v) is 3.14. The van der Waals surface area contributed by atoms with Gasteiger partial charge in [0.15, 0.2) is 11.5 Å². The Balaban J connectivity index is 1.64. The molecular formula is C25H29N3O3. The van der Waals surface area contributed by atoms with Crippen LogP contribution >= 0.6 is 0 Å². The number of anilines is 2. The zero-order chi connectivity index (χ0) is 22.1. The number of hydrogen-bond acceptors (Lipinski definition) is 5. The van der Waals surface area contributed by atoms with Crippen LogP contribution < -0.4 is 20.1 Å². The van der Waals surface area contributed by atoms with E-state index in [2.05, 4.69) is 15.6 Å². The minimum Gasteiger partial charge on any atom is -0.490 e. The van der Waals surface area contributed by atoms with Gasteiger partial charge in [0.05, 0.1) is 18.8 Å². The molecular weight excluding hydrogens is 390 g/mol. The zero-order valence-corrected chi connectivity index (χ0v) is 18.3. The van der Waals surface area contributed by atoms with E-state index in [0.29, 0.717) is 31.1 Å². The van der Waals surface area contributed by atoms with E-state index in [0.717, 1.165) is 34.7 Å². The van der Waals surface area contributed by atoms with E-state index < -0.39 is 0 Å². The summed E-state index contributed by atoms with van der Waals surface area (Å²) < 4.78 is 11.3. The molecule has 31 heavy (non-hydrogen) atoms. The monoisotopic (exact) mass is 419 g/mol. The highest BCUT2D eigenvalue weighted by atomic mass is 16.5. The summed E-state index contributed by atoms with van der Waals surface area (Å²) in [6.45, 7) is 7.71. The zero-order valence-electron chi connectivity index (χ0n) is 18.3. The van der Waals surface area contributed by atoms with Gasteiger partial charge < -0.3 is 20.1 Å². The number of nitrogens with zero attached hydrogens (tertiary/aromatic N) is 1. The van der Waals surface area contributed by atoms with Crippen LogP contribution in [0, 0.1) is 6.92 Å². The van der Waals surface area contributed by atoms with Crippen molar-refractivity contribution in [3.8, 4) is 11.5 Å². The van der Waals surface area contributed by atoms with Crippen molar-refractivity contribution in [1.82, 2.24) is 4.98 Å². The number of carbonyl (C=O) groups excluding carboxylic acids is 1. The maximum absolute atomic E-state index is 12.7. The smallest absolute Gasteiger partial charge is 0.259 e. The van der Waals surface area contributed by atoms with Gasteiger partial charge in [0, 0.05) is 18.4 Å². The number of pyridine rings is 1. The molecule has 2 aromatic carbocycles. The minimum atomic E-state index is -0.195. The molecule has 1 heterocycles. The summed E-state index contributed by atoms with van der Waals surface area (Å²) in [6, 6.07) is 17.2. The first-order valence-corrected chi connectivity index (χ1v) is 10.6. The highest BCUT2D eigenvalue weighted by molar-refractivity contribution is 6.07. The Morgan fingerprint density at radius 1 is 0.968 bits per heavy atom. The lowest BCUT2D eigenvalue weighted by atomic mass is 10.1. The third-order valence-corrected chi connectivity index (χ3v) is 4.68. The van der Waals surface area contributed by atoms with Crippen LogP contribution in [0.5, 0.6) is 11.5 Å². The average Bonchev–Trinajstić information content (AvgIpc) is 2.77. The second-order valence-corrected chi connectivity index (χ2v) is 7.04. The molecule has 6 heteroatoms.